The first-order valence-electron chi connectivity index (χ1n) is 11.3. The zero-order valence-electron chi connectivity index (χ0n) is 18.7. The third kappa shape index (κ3) is 5.22. The van der Waals surface area contributed by atoms with Crippen LogP contribution >= 0.6 is 0 Å². The van der Waals surface area contributed by atoms with Crippen LogP contribution in [0.1, 0.15) is 52.0 Å². The SMILES string of the molecule is Cc1ccc2c(c1)C(=O)N(CCCC(=O)NC1CCN(C(=O)Nc3ccccc3)CC1)C2=O. The Kier molecular flexibility index (Phi) is 6.72. The zero-order chi connectivity index (χ0) is 23.4. The zero-order valence-corrected chi connectivity index (χ0v) is 18.7. The predicted octanol–water partition coefficient (Wildman–Crippen LogP) is 3.18. The molecule has 2 N–H and O–H groups in total. The summed E-state index contributed by atoms with van der Waals surface area (Å²) in [6.45, 7) is 3.23. The summed E-state index contributed by atoms with van der Waals surface area (Å²) in [6.07, 6.45) is 2.02. The molecule has 2 aromatic rings. The number of nitrogens with zero attached hydrogens (tertiary/aromatic N) is 2. The molecule has 172 valence electrons. The molecule has 0 aromatic heterocycles. The number of benzene rings is 2. The van der Waals surface area contributed by atoms with Gasteiger partial charge in [-0.25, -0.2) is 4.79 Å². The second kappa shape index (κ2) is 9.85. The minimum absolute atomic E-state index is 0.0144. The van der Waals surface area contributed by atoms with Crippen LogP contribution in [0.25, 0.3) is 0 Å². The van der Waals surface area contributed by atoms with E-state index < -0.39 is 0 Å². The topological polar surface area (TPSA) is 98.8 Å². The first kappa shape index (κ1) is 22.5. The van der Waals surface area contributed by atoms with Gasteiger partial charge in [0.15, 0.2) is 0 Å². The van der Waals surface area contributed by atoms with E-state index in [-0.39, 0.29) is 42.8 Å². The summed E-state index contributed by atoms with van der Waals surface area (Å²) in [4.78, 5) is 52.7. The molecule has 0 bridgehead atoms. The van der Waals surface area contributed by atoms with Gasteiger partial charge in [-0.15, -0.1) is 0 Å². The number of carbonyl (C=O) groups excluding carboxylic acids is 4. The Morgan fingerprint density at radius 3 is 2.39 bits per heavy atom. The molecule has 0 saturated carbocycles. The lowest BCUT2D eigenvalue weighted by molar-refractivity contribution is -0.122. The average molecular weight is 449 g/mol. The highest BCUT2D eigenvalue weighted by atomic mass is 16.2. The van der Waals surface area contributed by atoms with Crippen LogP contribution in [0.2, 0.25) is 0 Å². The summed E-state index contributed by atoms with van der Waals surface area (Å²) < 4.78 is 0. The molecule has 1 fully saturated rings. The van der Waals surface area contributed by atoms with Crippen molar-refractivity contribution in [3.63, 3.8) is 0 Å². The summed E-state index contributed by atoms with van der Waals surface area (Å²) in [6, 6.07) is 14.4. The van der Waals surface area contributed by atoms with E-state index in [4.69, 9.17) is 0 Å². The summed E-state index contributed by atoms with van der Waals surface area (Å²) in [5, 5.41) is 5.89. The minimum atomic E-state index is -0.295. The lowest BCUT2D eigenvalue weighted by Crippen LogP contribution is -2.47. The van der Waals surface area contributed by atoms with Crippen LogP contribution in [0.3, 0.4) is 0 Å². The Labute approximate surface area is 192 Å². The number of amides is 5. The van der Waals surface area contributed by atoms with Crippen LogP contribution in [0.15, 0.2) is 48.5 Å². The molecule has 1 saturated heterocycles. The number of fused-ring (bicyclic) bond motifs is 1. The van der Waals surface area contributed by atoms with Gasteiger partial charge in [-0.1, -0.05) is 29.8 Å². The van der Waals surface area contributed by atoms with Gasteiger partial charge in [0.05, 0.1) is 11.1 Å². The molecule has 8 heteroatoms. The van der Waals surface area contributed by atoms with Crippen molar-refractivity contribution in [2.24, 2.45) is 0 Å². The van der Waals surface area contributed by atoms with Crippen LogP contribution in [-0.4, -0.2) is 59.2 Å². The van der Waals surface area contributed by atoms with E-state index in [0.717, 1.165) is 11.3 Å². The lowest BCUT2D eigenvalue weighted by atomic mass is 10.0. The Morgan fingerprint density at radius 1 is 0.970 bits per heavy atom. The summed E-state index contributed by atoms with van der Waals surface area (Å²) >= 11 is 0. The largest absolute Gasteiger partial charge is 0.353 e. The molecule has 2 heterocycles. The first-order chi connectivity index (χ1) is 15.9. The fourth-order valence-corrected chi connectivity index (χ4v) is 4.26. The second-order valence-corrected chi connectivity index (χ2v) is 8.54. The van der Waals surface area contributed by atoms with Crippen LogP contribution in [-0.2, 0) is 4.79 Å². The number of hydrogen-bond donors (Lipinski definition) is 2. The van der Waals surface area contributed by atoms with E-state index in [1.807, 2.05) is 43.3 Å². The average Bonchev–Trinajstić information content (AvgIpc) is 3.04. The fraction of sp³-hybridized carbons (Fsp3) is 0.360. The summed E-state index contributed by atoms with van der Waals surface area (Å²) in [7, 11) is 0. The number of carbonyl (C=O) groups is 4. The number of nitrogens with one attached hydrogen (secondary N) is 2. The van der Waals surface area contributed by atoms with Crippen molar-refractivity contribution in [3.8, 4) is 0 Å². The van der Waals surface area contributed by atoms with Gasteiger partial charge in [0.2, 0.25) is 5.91 Å². The molecule has 5 amide bonds. The van der Waals surface area contributed by atoms with Crippen molar-refractivity contribution in [2.45, 2.75) is 38.6 Å². The molecule has 0 unspecified atom stereocenters. The van der Waals surface area contributed by atoms with Gasteiger partial charge in [-0.3, -0.25) is 19.3 Å². The monoisotopic (exact) mass is 448 g/mol. The molecule has 2 aromatic carbocycles. The standard InChI is InChI=1S/C25H28N4O4/c1-17-9-10-20-21(16-17)24(32)29(23(20)31)13-5-8-22(30)26-19-11-14-28(15-12-19)25(33)27-18-6-3-2-4-7-18/h2-4,6-7,9-10,16,19H,5,8,11-15H2,1H3,(H,26,30)(H,27,33). The second-order valence-electron chi connectivity index (χ2n) is 8.54. The summed E-state index contributed by atoms with van der Waals surface area (Å²) in [5.41, 5.74) is 2.55. The van der Waals surface area contributed by atoms with Gasteiger partial charge >= 0.3 is 6.03 Å². The first-order valence-corrected chi connectivity index (χ1v) is 11.3. The maximum absolute atomic E-state index is 12.5. The molecule has 4 rings (SSSR count). The minimum Gasteiger partial charge on any atom is -0.353 e. The molecule has 2 aliphatic heterocycles. The number of para-hydroxylation sites is 1. The maximum atomic E-state index is 12.5. The third-order valence-electron chi connectivity index (χ3n) is 6.08. The number of anilines is 1. The number of aryl methyl sites for hydroxylation is 1. The van der Waals surface area contributed by atoms with E-state index in [0.29, 0.717) is 43.5 Å². The van der Waals surface area contributed by atoms with E-state index in [9.17, 15) is 19.2 Å². The van der Waals surface area contributed by atoms with Gasteiger partial charge < -0.3 is 15.5 Å². The summed E-state index contributed by atoms with van der Waals surface area (Å²) in [5.74, 6) is -0.688. The molecule has 0 atom stereocenters. The molecular formula is C25H28N4O4. The van der Waals surface area contributed by atoms with E-state index in [1.54, 1.807) is 17.0 Å². The highest BCUT2D eigenvalue weighted by Crippen LogP contribution is 2.24. The Morgan fingerprint density at radius 2 is 1.67 bits per heavy atom. The number of hydrogen-bond acceptors (Lipinski definition) is 4. The van der Waals surface area contributed by atoms with Gasteiger partial charge in [0.1, 0.15) is 0 Å². The van der Waals surface area contributed by atoms with Crippen molar-refractivity contribution in [1.82, 2.24) is 15.1 Å². The number of piperidine rings is 1. The van der Waals surface area contributed by atoms with Crippen molar-refractivity contribution in [2.75, 3.05) is 25.0 Å². The van der Waals surface area contributed by atoms with Gasteiger partial charge in [0.25, 0.3) is 11.8 Å². The van der Waals surface area contributed by atoms with Crippen LogP contribution in [0.4, 0.5) is 10.5 Å². The third-order valence-corrected chi connectivity index (χ3v) is 6.08. The molecular weight excluding hydrogens is 420 g/mol. The molecule has 0 spiro atoms. The van der Waals surface area contributed by atoms with Crippen molar-refractivity contribution in [1.29, 1.82) is 0 Å². The Hall–Kier alpha value is -3.68. The Balaban J connectivity index is 1.17. The smallest absolute Gasteiger partial charge is 0.321 e. The van der Waals surface area contributed by atoms with Crippen molar-refractivity contribution >= 4 is 29.4 Å². The van der Waals surface area contributed by atoms with E-state index in [1.165, 1.54) is 4.90 Å². The van der Waals surface area contributed by atoms with Crippen LogP contribution in [0, 0.1) is 6.92 Å². The number of likely N-dealkylation sites (tertiary alicyclic amines) is 1. The number of urea groups is 1. The van der Waals surface area contributed by atoms with Crippen molar-refractivity contribution < 1.29 is 19.2 Å². The molecule has 33 heavy (non-hydrogen) atoms. The fourth-order valence-electron chi connectivity index (χ4n) is 4.26. The molecule has 0 aliphatic carbocycles. The van der Waals surface area contributed by atoms with E-state index >= 15 is 0 Å². The quantitative estimate of drug-likeness (QED) is 0.663. The van der Waals surface area contributed by atoms with Gasteiger partial charge in [0, 0.05) is 37.8 Å². The Bertz CT molecular complexity index is 1060. The normalized spacial score (nSPS) is 16.0. The molecule has 0 radical (unpaired) electrons. The van der Waals surface area contributed by atoms with Gasteiger partial charge in [-0.05, 0) is 50.5 Å². The van der Waals surface area contributed by atoms with E-state index in [2.05, 4.69) is 10.6 Å². The van der Waals surface area contributed by atoms with Gasteiger partial charge in [-0.2, -0.15) is 0 Å². The number of rotatable bonds is 6. The molecule has 2 aliphatic rings. The predicted molar refractivity (Wildman–Crippen MR) is 124 cm³/mol. The molecule has 8 nitrogen and oxygen atoms in total. The van der Waals surface area contributed by atoms with Crippen molar-refractivity contribution in [3.05, 3.63) is 65.2 Å². The highest BCUT2D eigenvalue weighted by molar-refractivity contribution is 6.21. The maximum Gasteiger partial charge on any atom is 0.321 e. The lowest BCUT2D eigenvalue weighted by Gasteiger charge is -2.32. The number of imide groups is 1. The highest BCUT2D eigenvalue weighted by Gasteiger charge is 2.35. The van der Waals surface area contributed by atoms with Crippen LogP contribution in [0.5, 0.6) is 0 Å². The van der Waals surface area contributed by atoms with Crippen LogP contribution < -0.4 is 10.6 Å².